The highest BCUT2D eigenvalue weighted by Gasteiger charge is 2.20. The number of aromatic nitrogens is 1. The molecule has 2 N–H and O–H groups in total. The number of halogens is 1. The number of hydrogen-bond acceptors (Lipinski definition) is 3. The third kappa shape index (κ3) is 6.72. The van der Waals surface area contributed by atoms with Gasteiger partial charge < -0.3 is 15.4 Å². The summed E-state index contributed by atoms with van der Waals surface area (Å²) in [6.07, 6.45) is 5.54. The lowest BCUT2D eigenvalue weighted by molar-refractivity contribution is 0.123. The Labute approximate surface area is 173 Å². The van der Waals surface area contributed by atoms with E-state index in [1.54, 1.807) is 0 Å². The second kappa shape index (κ2) is 11.3. The molecule has 0 atom stereocenters. The van der Waals surface area contributed by atoms with Gasteiger partial charge in [0.25, 0.3) is 0 Å². The van der Waals surface area contributed by atoms with E-state index >= 15 is 0 Å². The van der Waals surface area contributed by atoms with Gasteiger partial charge >= 0.3 is 0 Å². The van der Waals surface area contributed by atoms with Gasteiger partial charge in [-0.2, -0.15) is 0 Å². The highest BCUT2D eigenvalue weighted by molar-refractivity contribution is 14.0. The Morgan fingerprint density at radius 3 is 2.88 bits per heavy atom. The molecule has 0 saturated heterocycles. The first-order valence-corrected chi connectivity index (χ1v) is 9.29. The number of aliphatic imine (C=N–C) groups is 1. The summed E-state index contributed by atoms with van der Waals surface area (Å²) >= 11 is 0. The summed E-state index contributed by atoms with van der Waals surface area (Å²) in [6.45, 7) is 6.18. The van der Waals surface area contributed by atoms with Crippen LogP contribution in [0.2, 0.25) is 0 Å². The largest absolute Gasteiger partial charge is 0.381 e. The number of pyridine rings is 1. The number of benzene rings is 1. The summed E-state index contributed by atoms with van der Waals surface area (Å²) in [5.41, 5.74) is 2.21. The van der Waals surface area contributed by atoms with Gasteiger partial charge in [0.1, 0.15) is 0 Å². The van der Waals surface area contributed by atoms with Gasteiger partial charge in [0, 0.05) is 37.9 Å². The van der Waals surface area contributed by atoms with E-state index in [-0.39, 0.29) is 24.0 Å². The van der Waals surface area contributed by atoms with Gasteiger partial charge in [-0.1, -0.05) is 18.2 Å². The van der Waals surface area contributed by atoms with Crippen molar-refractivity contribution in [3.05, 3.63) is 42.1 Å². The molecule has 1 aromatic carbocycles. The van der Waals surface area contributed by atoms with Crippen molar-refractivity contribution in [1.82, 2.24) is 15.6 Å². The van der Waals surface area contributed by atoms with Crippen LogP contribution < -0.4 is 10.6 Å². The smallest absolute Gasteiger partial charge is 0.191 e. The van der Waals surface area contributed by atoms with Crippen LogP contribution in [0.3, 0.4) is 0 Å². The first-order valence-electron chi connectivity index (χ1n) is 9.29. The van der Waals surface area contributed by atoms with Crippen LogP contribution in [-0.4, -0.2) is 37.2 Å². The number of rotatable bonds is 9. The number of para-hydroxylation sites is 1. The fourth-order valence-electron chi connectivity index (χ4n) is 2.71. The highest BCUT2D eigenvalue weighted by Crippen LogP contribution is 2.28. The molecule has 1 aromatic heterocycles. The maximum atomic E-state index is 5.67. The molecule has 2 aromatic rings. The minimum Gasteiger partial charge on any atom is -0.381 e. The molecule has 1 aliphatic carbocycles. The third-order valence-electron chi connectivity index (χ3n) is 4.30. The molecule has 0 spiro atoms. The number of ether oxygens (including phenoxy) is 1. The predicted molar refractivity (Wildman–Crippen MR) is 118 cm³/mol. The molecule has 3 rings (SSSR count). The van der Waals surface area contributed by atoms with Crippen molar-refractivity contribution < 1.29 is 4.74 Å². The molecule has 0 unspecified atom stereocenters. The van der Waals surface area contributed by atoms with Gasteiger partial charge in [0.15, 0.2) is 5.96 Å². The van der Waals surface area contributed by atoms with E-state index in [0.29, 0.717) is 6.54 Å². The van der Waals surface area contributed by atoms with E-state index in [2.05, 4.69) is 28.6 Å². The monoisotopic (exact) mass is 468 g/mol. The van der Waals surface area contributed by atoms with Crippen LogP contribution in [0.1, 0.15) is 31.7 Å². The maximum Gasteiger partial charge on any atom is 0.191 e. The van der Waals surface area contributed by atoms with E-state index in [0.717, 1.165) is 55.5 Å². The molecule has 0 amide bonds. The van der Waals surface area contributed by atoms with Crippen LogP contribution in [0.4, 0.5) is 0 Å². The standard InChI is InChI=1S/C20H28N4O.HI/c1-2-21-20(23-11-5-13-25-15-16-8-9-16)24-14-17-10-12-22-19-7-4-3-6-18(17)19;/h3-4,6-7,10,12,16H,2,5,8-9,11,13-15H2,1H3,(H2,21,23,24);1H. The SMILES string of the molecule is CCNC(=NCc1ccnc2ccccc12)NCCCOCC1CC1.I. The molecule has 0 aliphatic heterocycles. The second-order valence-corrected chi connectivity index (χ2v) is 6.48. The zero-order chi connectivity index (χ0) is 17.3. The fourth-order valence-corrected chi connectivity index (χ4v) is 2.71. The molecule has 26 heavy (non-hydrogen) atoms. The van der Waals surface area contributed by atoms with Crippen molar-refractivity contribution in [2.45, 2.75) is 32.7 Å². The first kappa shape index (κ1) is 20.9. The Hall–Kier alpha value is -1.41. The van der Waals surface area contributed by atoms with Crippen LogP contribution in [0.15, 0.2) is 41.5 Å². The minimum absolute atomic E-state index is 0. The van der Waals surface area contributed by atoms with E-state index in [9.17, 15) is 0 Å². The molecule has 1 heterocycles. The Balaban J connectivity index is 0.00000243. The van der Waals surface area contributed by atoms with E-state index in [1.165, 1.54) is 18.4 Å². The highest BCUT2D eigenvalue weighted by atomic mass is 127. The van der Waals surface area contributed by atoms with E-state index < -0.39 is 0 Å². The maximum absolute atomic E-state index is 5.67. The first-order chi connectivity index (χ1) is 12.4. The van der Waals surface area contributed by atoms with Gasteiger partial charge in [-0.05, 0) is 49.8 Å². The molecule has 1 fully saturated rings. The Bertz CT molecular complexity index is 698. The second-order valence-electron chi connectivity index (χ2n) is 6.48. The summed E-state index contributed by atoms with van der Waals surface area (Å²) in [6, 6.07) is 10.2. The molecule has 0 radical (unpaired) electrons. The third-order valence-corrected chi connectivity index (χ3v) is 4.30. The molecule has 5 nitrogen and oxygen atoms in total. The lowest BCUT2D eigenvalue weighted by Gasteiger charge is -2.12. The average molecular weight is 468 g/mol. The van der Waals surface area contributed by atoms with Crippen molar-refractivity contribution >= 4 is 40.8 Å². The van der Waals surface area contributed by atoms with Crippen molar-refractivity contribution in [3.63, 3.8) is 0 Å². The summed E-state index contributed by atoms with van der Waals surface area (Å²) in [5.74, 6) is 1.69. The van der Waals surface area contributed by atoms with Crippen LogP contribution in [-0.2, 0) is 11.3 Å². The zero-order valence-corrected chi connectivity index (χ0v) is 17.7. The summed E-state index contributed by atoms with van der Waals surface area (Å²) in [7, 11) is 0. The molecule has 1 saturated carbocycles. The summed E-state index contributed by atoms with van der Waals surface area (Å²) < 4.78 is 5.67. The Morgan fingerprint density at radius 1 is 1.23 bits per heavy atom. The van der Waals surface area contributed by atoms with Gasteiger partial charge in [-0.15, -0.1) is 24.0 Å². The normalized spacial score (nSPS) is 14.1. The number of nitrogens with one attached hydrogen (secondary N) is 2. The minimum atomic E-state index is 0. The number of hydrogen-bond donors (Lipinski definition) is 2. The summed E-state index contributed by atoms with van der Waals surface area (Å²) in [4.78, 5) is 9.12. The summed E-state index contributed by atoms with van der Waals surface area (Å²) in [5, 5.41) is 7.85. The number of guanidine groups is 1. The van der Waals surface area contributed by atoms with Crippen LogP contribution >= 0.6 is 24.0 Å². The van der Waals surface area contributed by atoms with Crippen LogP contribution in [0.5, 0.6) is 0 Å². The quantitative estimate of drug-likeness (QED) is 0.255. The van der Waals surface area contributed by atoms with Gasteiger partial charge in [0.05, 0.1) is 12.1 Å². The molecular formula is C20H29IN4O. The fraction of sp³-hybridized carbons (Fsp3) is 0.500. The molecule has 0 bridgehead atoms. The van der Waals surface area contributed by atoms with Crippen LogP contribution in [0.25, 0.3) is 10.9 Å². The van der Waals surface area contributed by atoms with Gasteiger partial charge in [-0.25, -0.2) is 4.99 Å². The van der Waals surface area contributed by atoms with Gasteiger partial charge in [-0.3, -0.25) is 4.98 Å². The van der Waals surface area contributed by atoms with Crippen molar-refractivity contribution in [1.29, 1.82) is 0 Å². The molecular weight excluding hydrogens is 439 g/mol. The van der Waals surface area contributed by atoms with Crippen molar-refractivity contribution in [2.24, 2.45) is 10.9 Å². The van der Waals surface area contributed by atoms with Crippen molar-refractivity contribution in [2.75, 3.05) is 26.3 Å². The number of fused-ring (bicyclic) bond motifs is 1. The Kier molecular flexibility index (Phi) is 9.11. The van der Waals surface area contributed by atoms with Gasteiger partial charge in [0.2, 0.25) is 0 Å². The van der Waals surface area contributed by atoms with Crippen molar-refractivity contribution in [3.8, 4) is 0 Å². The Morgan fingerprint density at radius 2 is 2.08 bits per heavy atom. The van der Waals surface area contributed by atoms with E-state index in [4.69, 9.17) is 9.73 Å². The molecule has 142 valence electrons. The molecule has 6 heteroatoms. The number of nitrogens with zero attached hydrogens (tertiary/aromatic N) is 2. The van der Waals surface area contributed by atoms with Crippen LogP contribution in [0, 0.1) is 5.92 Å². The topological polar surface area (TPSA) is 58.5 Å². The lowest BCUT2D eigenvalue weighted by Crippen LogP contribution is -2.38. The zero-order valence-electron chi connectivity index (χ0n) is 15.4. The molecule has 1 aliphatic rings. The van der Waals surface area contributed by atoms with E-state index in [1.807, 2.05) is 30.5 Å². The lowest BCUT2D eigenvalue weighted by atomic mass is 10.1. The predicted octanol–water partition coefficient (Wildman–Crippen LogP) is 3.72. The average Bonchev–Trinajstić information content (AvgIpc) is 3.46.